The zero-order chi connectivity index (χ0) is 20.8. The van der Waals surface area contributed by atoms with E-state index in [0.29, 0.717) is 18.1 Å². The summed E-state index contributed by atoms with van der Waals surface area (Å²) in [5, 5.41) is 8.52. The molecule has 152 valence electrons. The van der Waals surface area contributed by atoms with Crippen molar-refractivity contribution in [2.75, 3.05) is 6.61 Å². The van der Waals surface area contributed by atoms with E-state index in [0.717, 1.165) is 6.08 Å². The predicted molar refractivity (Wildman–Crippen MR) is 94.0 cm³/mol. The average Bonchev–Trinajstić information content (AvgIpc) is 2.93. The maximum Gasteiger partial charge on any atom is 0.331 e. The highest BCUT2D eigenvalue weighted by Gasteiger charge is 2.47. The second-order valence-corrected chi connectivity index (χ2v) is 6.35. The summed E-state index contributed by atoms with van der Waals surface area (Å²) < 4.78 is 16.3. The maximum absolute atomic E-state index is 11.6. The molecule has 10 nitrogen and oxygen atoms in total. The SMILES string of the molecule is CC(=O)O[C@@H]1[C@H](C)[C@@H](COC(=O)/C=C/C(=O)O)O[C@H]1N1C=CCC(C(N)=O)=C1. The van der Waals surface area contributed by atoms with Crippen molar-refractivity contribution in [3.63, 3.8) is 0 Å². The number of amides is 1. The maximum atomic E-state index is 11.6. The van der Waals surface area contributed by atoms with Crippen molar-refractivity contribution < 1.29 is 38.5 Å². The Labute approximate surface area is 161 Å². The van der Waals surface area contributed by atoms with Gasteiger partial charge in [0.25, 0.3) is 0 Å². The molecule has 0 bridgehead atoms. The van der Waals surface area contributed by atoms with Gasteiger partial charge in [0.2, 0.25) is 5.91 Å². The Hall–Kier alpha value is -3.14. The number of rotatable bonds is 7. The van der Waals surface area contributed by atoms with Crippen molar-refractivity contribution in [2.45, 2.75) is 38.7 Å². The molecule has 10 heteroatoms. The molecule has 2 aliphatic rings. The first-order chi connectivity index (χ1) is 13.2. The molecule has 3 N–H and O–H groups in total. The molecule has 1 fully saturated rings. The van der Waals surface area contributed by atoms with Crippen LogP contribution >= 0.6 is 0 Å². The summed E-state index contributed by atoms with van der Waals surface area (Å²) in [4.78, 5) is 46.6. The third-order valence-corrected chi connectivity index (χ3v) is 4.28. The molecule has 0 aromatic carbocycles. The molecule has 2 rings (SSSR count). The Morgan fingerprint density at radius 2 is 2.07 bits per heavy atom. The van der Waals surface area contributed by atoms with Gasteiger partial charge in [-0.15, -0.1) is 0 Å². The minimum absolute atomic E-state index is 0.165. The minimum atomic E-state index is -1.27. The van der Waals surface area contributed by atoms with Gasteiger partial charge in [-0.05, 0) is 6.42 Å². The van der Waals surface area contributed by atoms with Gasteiger partial charge in [-0.2, -0.15) is 0 Å². The molecule has 0 aliphatic carbocycles. The predicted octanol–water partition coefficient (Wildman–Crippen LogP) is 0.0517. The Morgan fingerprint density at radius 1 is 1.36 bits per heavy atom. The normalized spacial score (nSPS) is 26.8. The molecule has 0 aromatic rings. The van der Waals surface area contributed by atoms with E-state index in [-0.39, 0.29) is 12.5 Å². The highest BCUT2D eigenvalue weighted by atomic mass is 16.6. The number of hydrogen-bond acceptors (Lipinski definition) is 8. The van der Waals surface area contributed by atoms with Crippen molar-refractivity contribution in [3.8, 4) is 0 Å². The smallest absolute Gasteiger partial charge is 0.331 e. The lowest BCUT2D eigenvalue weighted by Crippen LogP contribution is -2.40. The van der Waals surface area contributed by atoms with E-state index in [2.05, 4.69) is 0 Å². The number of aliphatic carboxylic acids is 1. The van der Waals surface area contributed by atoms with Crippen LogP contribution in [0.5, 0.6) is 0 Å². The topological polar surface area (TPSA) is 145 Å². The lowest BCUT2D eigenvalue weighted by molar-refractivity contribution is -0.155. The molecule has 1 amide bonds. The van der Waals surface area contributed by atoms with Gasteiger partial charge in [0.05, 0.1) is 0 Å². The number of allylic oxidation sites excluding steroid dienone is 1. The fraction of sp³-hybridized carbons (Fsp3) is 0.444. The Bertz CT molecular complexity index is 742. The largest absolute Gasteiger partial charge is 0.478 e. The van der Waals surface area contributed by atoms with Crippen molar-refractivity contribution in [1.29, 1.82) is 0 Å². The van der Waals surface area contributed by atoms with E-state index in [4.69, 9.17) is 25.1 Å². The third kappa shape index (κ3) is 5.43. The van der Waals surface area contributed by atoms with Crippen molar-refractivity contribution in [1.82, 2.24) is 4.90 Å². The van der Waals surface area contributed by atoms with Gasteiger partial charge < -0.3 is 30.0 Å². The zero-order valence-corrected chi connectivity index (χ0v) is 15.4. The van der Waals surface area contributed by atoms with E-state index in [1.807, 2.05) is 0 Å². The van der Waals surface area contributed by atoms with E-state index < -0.39 is 42.3 Å². The van der Waals surface area contributed by atoms with Crippen LogP contribution in [-0.2, 0) is 33.4 Å². The molecule has 28 heavy (non-hydrogen) atoms. The lowest BCUT2D eigenvalue weighted by Gasteiger charge is -2.30. The highest BCUT2D eigenvalue weighted by Crippen LogP contribution is 2.33. The summed E-state index contributed by atoms with van der Waals surface area (Å²) in [5.41, 5.74) is 5.70. The minimum Gasteiger partial charge on any atom is -0.478 e. The number of hydrogen-bond donors (Lipinski definition) is 2. The standard InChI is InChI=1S/C18H22N2O8/c1-10-13(9-26-15(24)6-5-14(22)23)28-18(16(10)27-11(2)21)20-7-3-4-12(8-20)17(19)25/h3,5-8,10,13,16,18H,4,9H2,1-2H3,(H2,19,25)(H,22,23)/b6-5+/t10-,13-,16-,18-/m1/s1. The summed E-state index contributed by atoms with van der Waals surface area (Å²) in [6.45, 7) is 2.87. The number of carbonyl (C=O) groups is 4. The van der Waals surface area contributed by atoms with Gasteiger partial charge in [0.15, 0.2) is 12.3 Å². The van der Waals surface area contributed by atoms with Crippen LogP contribution in [0.25, 0.3) is 0 Å². The molecule has 0 aromatic heterocycles. The van der Waals surface area contributed by atoms with Gasteiger partial charge in [-0.1, -0.05) is 13.0 Å². The van der Waals surface area contributed by atoms with Crippen LogP contribution in [0, 0.1) is 5.92 Å². The second-order valence-electron chi connectivity index (χ2n) is 6.35. The van der Waals surface area contributed by atoms with E-state index >= 15 is 0 Å². The highest BCUT2D eigenvalue weighted by molar-refractivity contribution is 5.92. The fourth-order valence-corrected chi connectivity index (χ4v) is 2.89. The first-order valence-corrected chi connectivity index (χ1v) is 8.54. The van der Waals surface area contributed by atoms with Gasteiger partial charge in [0.1, 0.15) is 12.7 Å². The van der Waals surface area contributed by atoms with Gasteiger partial charge >= 0.3 is 17.9 Å². The Morgan fingerprint density at radius 3 is 2.68 bits per heavy atom. The number of primary amides is 1. The summed E-state index contributed by atoms with van der Waals surface area (Å²) in [6, 6.07) is 0. The van der Waals surface area contributed by atoms with Crippen LogP contribution in [0.1, 0.15) is 20.3 Å². The van der Waals surface area contributed by atoms with Gasteiger partial charge in [0, 0.05) is 43.0 Å². The van der Waals surface area contributed by atoms with Crippen LogP contribution < -0.4 is 5.73 Å². The first-order valence-electron chi connectivity index (χ1n) is 8.54. The fourth-order valence-electron chi connectivity index (χ4n) is 2.89. The number of nitrogens with zero attached hydrogens (tertiary/aromatic N) is 1. The quantitative estimate of drug-likeness (QED) is 0.452. The molecule has 0 unspecified atom stereocenters. The molecule has 4 atom stereocenters. The third-order valence-electron chi connectivity index (χ3n) is 4.28. The Kier molecular flexibility index (Phi) is 6.94. The number of carbonyl (C=O) groups excluding carboxylic acids is 3. The number of ether oxygens (including phenoxy) is 3. The summed E-state index contributed by atoms with van der Waals surface area (Å²) in [5.74, 6) is -3.52. The van der Waals surface area contributed by atoms with Crippen LogP contribution in [0.4, 0.5) is 0 Å². The van der Waals surface area contributed by atoms with Gasteiger partial charge in [-0.25, -0.2) is 9.59 Å². The second kappa shape index (κ2) is 9.18. The number of carboxylic acids is 1. The monoisotopic (exact) mass is 394 g/mol. The van der Waals surface area contributed by atoms with Gasteiger partial charge in [-0.3, -0.25) is 9.59 Å². The molecule has 0 spiro atoms. The van der Waals surface area contributed by atoms with E-state index in [1.165, 1.54) is 13.1 Å². The number of carboxylic acid groups (broad SMARTS) is 1. The molecule has 2 heterocycles. The zero-order valence-electron chi connectivity index (χ0n) is 15.4. The molecular weight excluding hydrogens is 372 g/mol. The lowest BCUT2D eigenvalue weighted by atomic mass is 10.00. The van der Waals surface area contributed by atoms with Crippen LogP contribution in [0.15, 0.2) is 36.2 Å². The molecule has 0 radical (unpaired) electrons. The van der Waals surface area contributed by atoms with Crippen LogP contribution in [0.2, 0.25) is 0 Å². The molecular formula is C18H22N2O8. The molecule has 0 saturated carbocycles. The number of esters is 2. The van der Waals surface area contributed by atoms with Crippen molar-refractivity contribution in [2.24, 2.45) is 11.7 Å². The Balaban J connectivity index is 2.12. The van der Waals surface area contributed by atoms with Crippen molar-refractivity contribution >= 4 is 23.8 Å². The molecule has 1 saturated heterocycles. The summed E-state index contributed by atoms with van der Waals surface area (Å²) >= 11 is 0. The van der Waals surface area contributed by atoms with Crippen molar-refractivity contribution in [3.05, 3.63) is 36.2 Å². The summed E-state index contributed by atoms with van der Waals surface area (Å²) in [7, 11) is 0. The summed E-state index contributed by atoms with van der Waals surface area (Å²) in [6.07, 6.45) is 4.72. The van der Waals surface area contributed by atoms with Crippen LogP contribution in [-0.4, -0.2) is 58.9 Å². The average molecular weight is 394 g/mol. The van der Waals surface area contributed by atoms with E-state index in [9.17, 15) is 19.2 Å². The number of nitrogens with two attached hydrogens (primary N) is 1. The van der Waals surface area contributed by atoms with Crippen LogP contribution in [0.3, 0.4) is 0 Å². The first kappa shape index (κ1) is 21.2. The van der Waals surface area contributed by atoms with E-state index in [1.54, 1.807) is 24.1 Å². The molecule has 2 aliphatic heterocycles.